The number of piperidine rings is 1. The third-order valence-electron chi connectivity index (χ3n) is 7.33. The molecule has 0 radical (unpaired) electrons. The van der Waals surface area contributed by atoms with Crippen LogP contribution in [0.15, 0.2) is 73.1 Å². The maximum absolute atomic E-state index is 13.9. The molecule has 1 atom stereocenters. The highest BCUT2D eigenvalue weighted by molar-refractivity contribution is 5.99. The molecule has 0 aliphatic carbocycles. The molecule has 2 fully saturated rings. The molecule has 2 aromatic carbocycles. The molecule has 2 aliphatic rings. The van der Waals surface area contributed by atoms with Crippen molar-refractivity contribution >= 4 is 17.7 Å². The Hall–Kier alpha value is -4.04. The van der Waals surface area contributed by atoms with Crippen LogP contribution in [-0.4, -0.2) is 64.0 Å². The van der Waals surface area contributed by atoms with Crippen molar-refractivity contribution in [3.05, 3.63) is 101 Å². The van der Waals surface area contributed by atoms with Gasteiger partial charge in [-0.05, 0) is 49.7 Å². The first-order valence-corrected chi connectivity index (χ1v) is 12.9. The van der Waals surface area contributed by atoms with Gasteiger partial charge in [-0.3, -0.25) is 24.3 Å². The Bertz CT molecular complexity index is 1330. The fraction of sp³-hybridized carbons (Fsp3) is 0.333. The second-order valence-corrected chi connectivity index (χ2v) is 10.1. The van der Waals surface area contributed by atoms with E-state index < -0.39 is 11.8 Å². The largest absolute Gasteiger partial charge is 0.353 e. The number of likely N-dealkylation sites (tertiary alicyclic amines) is 1. The number of rotatable bonds is 5. The maximum Gasteiger partial charge on any atom is 0.256 e. The van der Waals surface area contributed by atoms with Gasteiger partial charge in [0, 0.05) is 56.0 Å². The summed E-state index contributed by atoms with van der Waals surface area (Å²) in [5, 5.41) is 2.95. The number of nitrogens with one attached hydrogen (secondary N) is 1. The number of hydrogen-bond donors (Lipinski definition) is 1. The first kappa shape index (κ1) is 25.6. The zero-order valence-electron chi connectivity index (χ0n) is 21.7. The van der Waals surface area contributed by atoms with Crippen molar-refractivity contribution in [3.8, 4) is 0 Å². The molecule has 8 nitrogen and oxygen atoms in total. The van der Waals surface area contributed by atoms with E-state index >= 15 is 0 Å². The van der Waals surface area contributed by atoms with Gasteiger partial charge in [-0.25, -0.2) is 0 Å². The predicted octanol–water partition coefficient (Wildman–Crippen LogP) is 3.49. The molecule has 5 rings (SSSR count). The summed E-state index contributed by atoms with van der Waals surface area (Å²) in [4.78, 5) is 48.0. The van der Waals surface area contributed by atoms with E-state index in [1.165, 1.54) is 0 Å². The van der Waals surface area contributed by atoms with Gasteiger partial charge < -0.3 is 15.0 Å². The van der Waals surface area contributed by atoms with Crippen LogP contribution in [0, 0.1) is 13.8 Å². The van der Waals surface area contributed by atoms with Gasteiger partial charge in [-0.1, -0.05) is 41.5 Å². The normalized spacial score (nSPS) is 18.4. The highest BCUT2D eigenvalue weighted by Gasteiger charge is 2.54. The predicted molar refractivity (Wildman–Crippen MR) is 142 cm³/mol. The molecule has 0 bridgehead atoms. The third-order valence-corrected chi connectivity index (χ3v) is 7.33. The van der Waals surface area contributed by atoms with E-state index in [1.807, 2.05) is 68.4 Å². The van der Waals surface area contributed by atoms with E-state index in [4.69, 9.17) is 4.74 Å². The average molecular weight is 513 g/mol. The number of amides is 3. The summed E-state index contributed by atoms with van der Waals surface area (Å²) in [5.41, 5.74) is 3.06. The second kappa shape index (κ2) is 10.8. The van der Waals surface area contributed by atoms with Crippen LogP contribution in [0.4, 0.5) is 0 Å². The van der Waals surface area contributed by atoms with Crippen molar-refractivity contribution in [1.29, 1.82) is 0 Å². The molecule has 1 spiro atoms. The van der Waals surface area contributed by atoms with E-state index in [2.05, 4.69) is 10.3 Å². The van der Waals surface area contributed by atoms with E-state index in [0.29, 0.717) is 43.6 Å². The molecule has 2 aliphatic heterocycles. The molecule has 3 aromatic rings. The Kier molecular flexibility index (Phi) is 7.24. The molecule has 8 heteroatoms. The number of hydrogen-bond acceptors (Lipinski definition) is 5. The molecule has 1 aromatic heterocycles. The minimum absolute atomic E-state index is 0.0381. The Morgan fingerprint density at radius 1 is 0.947 bits per heavy atom. The highest BCUT2D eigenvalue weighted by atomic mass is 16.5. The Morgan fingerprint density at radius 2 is 1.61 bits per heavy atom. The van der Waals surface area contributed by atoms with Crippen LogP contribution in [0.3, 0.4) is 0 Å². The lowest BCUT2D eigenvalue weighted by Crippen LogP contribution is -2.59. The van der Waals surface area contributed by atoms with Crippen LogP contribution < -0.4 is 5.32 Å². The molecular weight excluding hydrogens is 480 g/mol. The van der Waals surface area contributed by atoms with Gasteiger partial charge in [0.1, 0.15) is 11.8 Å². The number of aromatic nitrogens is 1. The van der Waals surface area contributed by atoms with Crippen LogP contribution in [0.5, 0.6) is 0 Å². The quantitative estimate of drug-likeness (QED) is 0.565. The van der Waals surface area contributed by atoms with Crippen LogP contribution >= 0.6 is 0 Å². The minimum Gasteiger partial charge on any atom is -0.353 e. The van der Waals surface area contributed by atoms with Gasteiger partial charge in [0.15, 0.2) is 0 Å². The van der Waals surface area contributed by atoms with Gasteiger partial charge in [-0.15, -0.1) is 0 Å². The summed E-state index contributed by atoms with van der Waals surface area (Å²) in [7, 11) is 0. The summed E-state index contributed by atoms with van der Waals surface area (Å²) < 4.78 is 6.30. The Balaban J connectivity index is 1.37. The lowest BCUT2D eigenvalue weighted by molar-refractivity contribution is -0.128. The van der Waals surface area contributed by atoms with Crippen molar-refractivity contribution in [2.75, 3.05) is 19.7 Å². The van der Waals surface area contributed by atoms with Crippen molar-refractivity contribution in [2.24, 2.45) is 0 Å². The summed E-state index contributed by atoms with van der Waals surface area (Å²) in [6.07, 6.45) is 4.23. The monoisotopic (exact) mass is 512 g/mol. The zero-order valence-corrected chi connectivity index (χ0v) is 21.7. The zero-order chi connectivity index (χ0) is 26.7. The molecule has 3 heterocycles. The third kappa shape index (κ3) is 5.17. The average Bonchev–Trinajstić information content (AvgIpc) is 3.30. The fourth-order valence-corrected chi connectivity index (χ4v) is 5.31. The standard InChI is InChI=1S/C30H32N4O4/c1-21-6-3-9-24(16-21)28(36)33-14-11-30(12-15-33)34(29(37)25-10-4-7-22(2)17-25)26(20-38-30)27(35)32-19-23-8-5-13-31-18-23/h3-10,13,16-18,26H,11-12,14-15,19-20H2,1-2H3,(H,32,35). The van der Waals surface area contributed by atoms with Crippen molar-refractivity contribution < 1.29 is 19.1 Å². The number of pyridine rings is 1. The van der Waals surface area contributed by atoms with Crippen LogP contribution in [0.2, 0.25) is 0 Å². The maximum atomic E-state index is 13.9. The number of carbonyl (C=O) groups excluding carboxylic acids is 3. The Labute approximate surface area is 222 Å². The van der Waals surface area contributed by atoms with E-state index in [9.17, 15) is 14.4 Å². The van der Waals surface area contributed by atoms with Gasteiger partial charge in [0.2, 0.25) is 5.91 Å². The molecule has 38 heavy (non-hydrogen) atoms. The van der Waals surface area contributed by atoms with Crippen LogP contribution in [-0.2, 0) is 16.1 Å². The number of benzene rings is 2. The van der Waals surface area contributed by atoms with E-state index in [0.717, 1.165) is 16.7 Å². The SMILES string of the molecule is Cc1cccc(C(=O)N2CCC3(CC2)OCC(C(=O)NCc2cccnc2)N3C(=O)c2cccc(C)c2)c1. The van der Waals surface area contributed by atoms with Crippen molar-refractivity contribution in [1.82, 2.24) is 20.1 Å². The minimum atomic E-state index is -0.958. The summed E-state index contributed by atoms with van der Waals surface area (Å²) >= 11 is 0. The molecule has 1 unspecified atom stereocenters. The summed E-state index contributed by atoms with van der Waals surface area (Å²) in [6, 6.07) is 17.8. The Morgan fingerprint density at radius 3 is 2.21 bits per heavy atom. The number of aryl methyl sites for hydroxylation is 2. The topological polar surface area (TPSA) is 91.8 Å². The smallest absolute Gasteiger partial charge is 0.256 e. The van der Waals surface area contributed by atoms with Crippen molar-refractivity contribution in [3.63, 3.8) is 0 Å². The van der Waals surface area contributed by atoms with Crippen molar-refractivity contribution in [2.45, 2.75) is 45.0 Å². The lowest BCUT2D eigenvalue weighted by Gasteiger charge is -2.44. The number of carbonyl (C=O) groups is 3. The van der Waals surface area contributed by atoms with Gasteiger partial charge >= 0.3 is 0 Å². The molecule has 196 valence electrons. The molecule has 2 saturated heterocycles. The van der Waals surface area contributed by atoms with E-state index in [1.54, 1.807) is 28.3 Å². The number of nitrogens with zero attached hydrogens (tertiary/aromatic N) is 3. The molecule has 3 amide bonds. The second-order valence-electron chi connectivity index (χ2n) is 10.1. The molecule has 0 saturated carbocycles. The van der Waals surface area contributed by atoms with Crippen LogP contribution in [0.25, 0.3) is 0 Å². The van der Waals surface area contributed by atoms with Gasteiger partial charge in [-0.2, -0.15) is 0 Å². The van der Waals surface area contributed by atoms with Gasteiger partial charge in [0.25, 0.3) is 11.8 Å². The van der Waals surface area contributed by atoms with E-state index in [-0.39, 0.29) is 24.3 Å². The number of ether oxygens (including phenoxy) is 1. The molecule has 1 N–H and O–H groups in total. The first-order chi connectivity index (χ1) is 18.4. The fourth-order valence-electron chi connectivity index (χ4n) is 5.31. The van der Waals surface area contributed by atoms with Gasteiger partial charge in [0.05, 0.1) is 6.61 Å². The lowest BCUT2D eigenvalue weighted by atomic mass is 9.95. The van der Waals surface area contributed by atoms with Crippen LogP contribution in [0.1, 0.15) is 50.2 Å². The highest BCUT2D eigenvalue weighted by Crippen LogP contribution is 2.39. The first-order valence-electron chi connectivity index (χ1n) is 12.9. The molecular formula is C30H32N4O4. The summed E-state index contributed by atoms with van der Waals surface area (Å²) in [6.45, 7) is 5.15. The summed E-state index contributed by atoms with van der Waals surface area (Å²) in [5.74, 6) is -0.556.